The number of ether oxygens (including phenoxy) is 1. The predicted octanol–water partition coefficient (Wildman–Crippen LogP) is 3.58. The Hall–Kier alpha value is -1.84. The van der Waals surface area contributed by atoms with Crippen molar-refractivity contribution in [1.82, 2.24) is 4.90 Å². The molecule has 124 valence electrons. The molecule has 0 saturated carbocycles. The maximum atomic E-state index is 5.83. The maximum Gasteiger partial charge on any atom is 0.119 e. The molecule has 0 fully saturated rings. The lowest BCUT2D eigenvalue weighted by Crippen LogP contribution is -2.29. The van der Waals surface area contributed by atoms with Crippen molar-refractivity contribution in [1.29, 1.82) is 0 Å². The van der Waals surface area contributed by atoms with Crippen molar-refractivity contribution in [2.75, 3.05) is 20.2 Å². The van der Waals surface area contributed by atoms with Crippen LogP contribution in [0.15, 0.2) is 36.4 Å². The molecule has 0 amide bonds. The Bertz CT molecular complexity index is 629. The molecule has 0 radical (unpaired) electrons. The molecule has 0 spiro atoms. The second-order valence-electron chi connectivity index (χ2n) is 6.23. The topological polar surface area (TPSA) is 38.5 Å². The second-order valence-corrected chi connectivity index (χ2v) is 6.23. The Balaban J connectivity index is 2.18. The van der Waals surface area contributed by atoms with Crippen LogP contribution in [0.3, 0.4) is 0 Å². The van der Waals surface area contributed by atoms with E-state index >= 15 is 0 Å². The zero-order valence-electron chi connectivity index (χ0n) is 14.7. The Kier molecular flexibility index (Phi) is 6.20. The number of nitrogens with two attached hydrogens (primary N) is 1. The summed E-state index contributed by atoms with van der Waals surface area (Å²) in [5.41, 5.74) is 12.5. The minimum Gasteiger partial charge on any atom is -0.497 e. The highest BCUT2D eigenvalue weighted by atomic mass is 16.5. The molecule has 0 aliphatic carbocycles. The van der Waals surface area contributed by atoms with Gasteiger partial charge in [0.05, 0.1) is 7.11 Å². The molecule has 0 saturated heterocycles. The summed E-state index contributed by atoms with van der Waals surface area (Å²) in [6, 6.07) is 12.8. The molecule has 3 heteroatoms. The summed E-state index contributed by atoms with van der Waals surface area (Å²) < 4.78 is 5.32. The third-order valence-electron chi connectivity index (χ3n) is 4.21. The number of aryl methyl sites for hydroxylation is 3. The SMILES string of the molecule is COc1cccc(CN(CCN)Cc2c(C)cc(C)cc2C)c1. The number of hydrogen-bond donors (Lipinski definition) is 1. The van der Waals surface area contributed by atoms with Gasteiger partial charge in [-0.05, 0) is 55.2 Å². The molecule has 0 atom stereocenters. The van der Waals surface area contributed by atoms with Crippen molar-refractivity contribution in [3.05, 3.63) is 64.2 Å². The van der Waals surface area contributed by atoms with Crippen molar-refractivity contribution in [3.63, 3.8) is 0 Å². The Morgan fingerprint density at radius 3 is 2.30 bits per heavy atom. The molecule has 0 bridgehead atoms. The molecule has 0 unspecified atom stereocenters. The third-order valence-corrected chi connectivity index (χ3v) is 4.21. The monoisotopic (exact) mass is 312 g/mol. The van der Waals surface area contributed by atoms with E-state index in [4.69, 9.17) is 10.5 Å². The summed E-state index contributed by atoms with van der Waals surface area (Å²) in [7, 11) is 1.70. The molecule has 0 aromatic heterocycles. The lowest BCUT2D eigenvalue weighted by atomic mass is 9.99. The molecule has 23 heavy (non-hydrogen) atoms. The molecular formula is C20H28N2O. The summed E-state index contributed by atoms with van der Waals surface area (Å²) in [6.07, 6.45) is 0. The van der Waals surface area contributed by atoms with Crippen LogP contribution in [-0.4, -0.2) is 25.1 Å². The number of benzene rings is 2. The third kappa shape index (κ3) is 4.81. The largest absolute Gasteiger partial charge is 0.497 e. The van der Waals surface area contributed by atoms with Gasteiger partial charge in [-0.2, -0.15) is 0 Å². The van der Waals surface area contributed by atoms with Crippen LogP contribution >= 0.6 is 0 Å². The van der Waals surface area contributed by atoms with Crippen LogP contribution in [-0.2, 0) is 13.1 Å². The van der Waals surface area contributed by atoms with Gasteiger partial charge in [-0.15, -0.1) is 0 Å². The van der Waals surface area contributed by atoms with E-state index in [1.807, 2.05) is 12.1 Å². The van der Waals surface area contributed by atoms with Crippen LogP contribution in [0, 0.1) is 20.8 Å². The molecule has 2 aromatic rings. The summed E-state index contributed by atoms with van der Waals surface area (Å²) in [5, 5.41) is 0. The van der Waals surface area contributed by atoms with E-state index in [0.717, 1.165) is 25.4 Å². The van der Waals surface area contributed by atoms with Gasteiger partial charge in [-0.25, -0.2) is 0 Å². The van der Waals surface area contributed by atoms with Crippen LogP contribution in [0.25, 0.3) is 0 Å². The minimum atomic E-state index is 0.661. The van der Waals surface area contributed by atoms with Gasteiger partial charge in [-0.3, -0.25) is 4.90 Å². The standard InChI is InChI=1S/C20H28N2O/c1-15-10-16(2)20(17(3)11-15)14-22(9-8-21)13-18-6-5-7-19(12-18)23-4/h5-7,10-12H,8-9,13-14,21H2,1-4H3. The van der Waals surface area contributed by atoms with E-state index in [9.17, 15) is 0 Å². The van der Waals surface area contributed by atoms with Gasteiger partial charge in [0.1, 0.15) is 5.75 Å². The zero-order chi connectivity index (χ0) is 16.8. The van der Waals surface area contributed by atoms with Gasteiger partial charge in [0, 0.05) is 26.2 Å². The summed E-state index contributed by atoms with van der Waals surface area (Å²) in [6.45, 7) is 9.88. The number of nitrogens with zero attached hydrogens (tertiary/aromatic N) is 1. The van der Waals surface area contributed by atoms with Crippen molar-refractivity contribution >= 4 is 0 Å². The molecular weight excluding hydrogens is 284 g/mol. The maximum absolute atomic E-state index is 5.83. The van der Waals surface area contributed by atoms with Crippen LogP contribution in [0.2, 0.25) is 0 Å². The van der Waals surface area contributed by atoms with Crippen LogP contribution in [0.5, 0.6) is 5.75 Å². The fourth-order valence-electron chi connectivity index (χ4n) is 3.11. The lowest BCUT2D eigenvalue weighted by molar-refractivity contribution is 0.263. The molecule has 0 aliphatic rings. The molecule has 2 rings (SSSR count). The highest BCUT2D eigenvalue weighted by molar-refractivity contribution is 5.37. The molecule has 0 heterocycles. The van der Waals surface area contributed by atoms with E-state index in [0.29, 0.717) is 6.54 Å². The first-order valence-corrected chi connectivity index (χ1v) is 8.15. The van der Waals surface area contributed by atoms with Crippen molar-refractivity contribution < 1.29 is 4.74 Å². The zero-order valence-corrected chi connectivity index (χ0v) is 14.7. The van der Waals surface area contributed by atoms with E-state index in [1.54, 1.807) is 7.11 Å². The molecule has 0 aliphatic heterocycles. The minimum absolute atomic E-state index is 0.661. The fraction of sp³-hybridized carbons (Fsp3) is 0.400. The lowest BCUT2D eigenvalue weighted by Gasteiger charge is -2.24. The summed E-state index contributed by atoms with van der Waals surface area (Å²) in [5.74, 6) is 0.901. The fourth-order valence-corrected chi connectivity index (χ4v) is 3.11. The summed E-state index contributed by atoms with van der Waals surface area (Å²) >= 11 is 0. The Morgan fingerprint density at radius 1 is 1.00 bits per heavy atom. The van der Waals surface area contributed by atoms with E-state index < -0.39 is 0 Å². The van der Waals surface area contributed by atoms with Gasteiger partial charge < -0.3 is 10.5 Å². The van der Waals surface area contributed by atoms with Gasteiger partial charge >= 0.3 is 0 Å². The smallest absolute Gasteiger partial charge is 0.119 e. The average Bonchev–Trinajstić information content (AvgIpc) is 2.51. The highest BCUT2D eigenvalue weighted by Gasteiger charge is 2.11. The van der Waals surface area contributed by atoms with Gasteiger partial charge in [-0.1, -0.05) is 29.8 Å². The predicted molar refractivity (Wildman–Crippen MR) is 96.8 cm³/mol. The first kappa shape index (κ1) is 17.5. The molecule has 3 nitrogen and oxygen atoms in total. The van der Waals surface area contributed by atoms with Crippen molar-refractivity contribution in [2.45, 2.75) is 33.9 Å². The Labute approximate surface area is 140 Å². The number of hydrogen-bond acceptors (Lipinski definition) is 3. The van der Waals surface area contributed by atoms with E-state index in [2.05, 4.69) is 49.9 Å². The first-order valence-electron chi connectivity index (χ1n) is 8.15. The van der Waals surface area contributed by atoms with Gasteiger partial charge in [0.15, 0.2) is 0 Å². The quantitative estimate of drug-likeness (QED) is 0.849. The normalized spacial score (nSPS) is 11.0. The van der Waals surface area contributed by atoms with E-state index in [-0.39, 0.29) is 0 Å². The van der Waals surface area contributed by atoms with Crippen molar-refractivity contribution in [2.24, 2.45) is 5.73 Å². The van der Waals surface area contributed by atoms with E-state index in [1.165, 1.54) is 27.8 Å². The number of methoxy groups -OCH3 is 1. The average molecular weight is 312 g/mol. The first-order chi connectivity index (χ1) is 11.0. The van der Waals surface area contributed by atoms with Crippen molar-refractivity contribution in [3.8, 4) is 5.75 Å². The van der Waals surface area contributed by atoms with Crippen LogP contribution < -0.4 is 10.5 Å². The van der Waals surface area contributed by atoms with Crippen LogP contribution in [0.4, 0.5) is 0 Å². The molecule has 2 aromatic carbocycles. The second kappa shape index (κ2) is 8.14. The van der Waals surface area contributed by atoms with Crippen LogP contribution in [0.1, 0.15) is 27.8 Å². The molecule has 2 N–H and O–H groups in total. The highest BCUT2D eigenvalue weighted by Crippen LogP contribution is 2.20. The number of rotatable bonds is 7. The summed E-state index contributed by atoms with van der Waals surface area (Å²) in [4.78, 5) is 2.40. The Morgan fingerprint density at radius 2 is 1.70 bits per heavy atom. The van der Waals surface area contributed by atoms with Gasteiger partial charge in [0.2, 0.25) is 0 Å². The van der Waals surface area contributed by atoms with Gasteiger partial charge in [0.25, 0.3) is 0 Å².